The van der Waals surface area contributed by atoms with Crippen LogP contribution in [0.15, 0.2) is 29.2 Å². The van der Waals surface area contributed by atoms with Gasteiger partial charge in [0, 0.05) is 24.8 Å². The van der Waals surface area contributed by atoms with Crippen LogP contribution in [0.3, 0.4) is 0 Å². The minimum Gasteiger partial charge on any atom is -0.378 e. The highest BCUT2D eigenvalue weighted by Gasteiger charge is 2.16. The fourth-order valence-corrected chi connectivity index (χ4v) is 3.03. The number of sulfone groups is 1. The molecule has 1 aromatic rings. The second-order valence-corrected chi connectivity index (χ2v) is 7.26. The Bertz CT molecular complexity index is 554. The Morgan fingerprint density at radius 1 is 1.30 bits per heavy atom. The molecule has 1 aliphatic rings. The lowest BCUT2D eigenvalue weighted by Gasteiger charge is -2.08. The largest absolute Gasteiger partial charge is 0.378 e. The Labute approximate surface area is 120 Å². The van der Waals surface area contributed by atoms with Crippen LogP contribution in [0.2, 0.25) is 0 Å². The molecule has 1 aliphatic heterocycles. The highest BCUT2D eigenvalue weighted by molar-refractivity contribution is 7.90. The van der Waals surface area contributed by atoms with Gasteiger partial charge in [-0.25, -0.2) is 8.42 Å². The Hall–Kier alpha value is -1.20. The van der Waals surface area contributed by atoms with Crippen molar-refractivity contribution in [3.63, 3.8) is 0 Å². The van der Waals surface area contributed by atoms with Gasteiger partial charge < -0.3 is 4.74 Å². The maximum atomic E-state index is 12.0. The Kier molecular flexibility index (Phi) is 4.94. The number of ketones is 1. The van der Waals surface area contributed by atoms with Gasteiger partial charge in [0.25, 0.3) is 0 Å². The zero-order valence-corrected chi connectivity index (χ0v) is 12.5. The smallest absolute Gasteiger partial charge is 0.175 e. The number of Topliss-reactive ketones (excluding diaryl/α,β-unsaturated/α-hetero) is 1. The van der Waals surface area contributed by atoms with E-state index >= 15 is 0 Å². The maximum absolute atomic E-state index is 12.0. The van der Waals surface area contributed by atoms with Crippen LogP contribution in [0.4, 0.5) is 0 Å². The molecular formula is C15H20O4S. The number of benzene rings is 1. The van der Waals surface area contributed by atoms with Crippen LogP contribution in [-0.2, 0) is 14.6 Å². The minimum atomic E-state index is -3.20. The lowest BCUT2D eigenvalue weighted by Crippen LogP contribution is -2.07. The quantitative estimate of drug-likeness (QED) is 0.757. The molecular weight excluding hydrogens is 276 g/mol. The Morgan fingerprint density at radius 2 is 2.00 bits per heavy atom. The predicted octanol–water partition coefficient (Wildman–Crippen LogP) is 2.62. The first-order valence-electron chi connectivity index (χ1n) is 6.92. The normalized spacial score (nSPS) is 19.1. The van der Waals surface area contributed by atoms with Crippen molar-refractivity contribution in [1.82, 2.24) is 0 Å². The van der Waals surface area contributed by atoms with Crippen LogP contribution in [0, 0.1) is 0 Å². The van der Waals surface area contributed by atoms with Gasteiger partial charge in [-0.05, 0) is 37.8 Å². The molecule has 1 saturated heterocycles. The summed E-state index contributed by atoms with van der Waals surface area (Å²) in [6.07, 6.45) is 5.91. The molecule has 1 aromatic carbocycles. The number of carbonyl (C=O) groups is 1. The molecule has 110 valence electrons. The van der Waals surface area contributed by atoms with E-state index in [9.17, 15) is 13.2 Å². The molecule has 0 radical (unpaired) electrons. The van der Waals surface area contributed by atoms with E-state index in [-0.39, 0.29) is 10.7 Å². The van der Waals surface area contributed by atoms with Gasteiger partial charge in [0.05, 0.1) is 11.0 Å². The van der Waals surface area contributed by atoms with Crippen molar-refractivity contribution in [3.05, 3.63) is 29.8 Å². The first-order valence-corrected chi connectivity index (χ1v) is 8.81. The van der Waals surface area contributed by atoms with Gasteiger partial charge >= 0.3 is 0 Å². The molecule has 1 heterocycles. The van der Waals surface area contributed by atoms with Crippen molar-refractivity contribution < 1.29 is 17.9 Å². The minimum absolute atomic E-state index is 0.0584. The summed E-state index contributed by atoms with van der Waals surface area (Å²) in [5.41, 5.74) is 0.574. The molecule has 0 saturated carbocycles. The molecule has 5 heteroatoms. The first kappa shape index (κ1) is 15.2. The zero-order chi connectivity index (χ0) is 14.6. The summed E-state index contributed by atoms with van der Waals surface area (Å²) in [4.78, 5) is 12.2. The molecule has 0 amide bonds. The van der Waals surface area contributed by atoms with E-state index in [4.69, 9.17) is 4.74 Å². The summed E-state index contributed by atoms with van der Waals surface area (Å²) in [7, 11) is -3.20. The van der Waals surface area contributed by atoms with Crippen molar-refractivity contribution in [2.45, 2.75) is 43.1 Å². The zero-order valence-electron chi connectivity index (χ0n) is 11.7. The number of hydrogen-bond acceptors (Lipinski definition) is 4. The molecule has 1 fully saturated rings. The standard InChI is InChI=1S/C15H20O4S/c1-20(17,18)14-9-7-12(8-10-14)15(16)6-2-4-13-5-3-11-19-13/h7-10,13H,2-6,11H2,1H3. The van der Waals surface area contributed by atoms with Gasteiger partial charge in [-0.15, -0.1) is 0 Å². The van der Waals surface area contributed by atoms with Crippen molar-refractivity contribution >= 4 is 15.6 Å². The number of carbonyl (C=O) groups excluding carboxylic acids is 1. The van der Waals surface area contributed by atoms with Crippen molar-refractivity contribution in [2.75, 3.05) is 12.9 Å². The predicted molar refractivity (Wildman–Crippen MR) is 76.7 cm³/mol. The average Bonchev–Trinajstić information content (AvgIpc) is 2.91. The van der Waals surface area contributed by atoms with Crippen molar-refractivity contribution in [2.24, 2.45) is 0 Å². The van der Waals surface area contributed by atoms with Crippen LogP contribution in [-0.4, -0.2) is 33.2 Å². The SMILES string of the molecule is CS(=O)(=O)c1ccc(C(=O)CCCC2CCCO2)cc1. The lowest BCUT2D eigenvalue weighted by molar-refractivity contribution is 0.0922. The van der Waals surface area contributed by atoms with E-state index in [0.717, 1.165) is 38.5 Å². The molecule has 0 aromatic heterocycles. The second-order valence-electron chi connectivity index (χ2n) is 5.25. The highest BCUT2D eigenvalue weighted by Crippen LogP contribution is 2.19. The number of hydrogen-bond donors (Lipinski definition) is 0. The molecule has 0 bridgehead atoms. The van der Waals surface area contributed by atoms with E-state index in [1.54, 1.807) is 12.1 Å². The van der Waals surface area contributed by atoms with Crippen LogP contribution < -0.4 is 0 Å². The van der Waals surface area contributed by atoms with Crippen LogP contribution >= 0.6 is 0 Å². The maximum Gasteiger partial charge on any atom is 0.175 e. The summed E-state index contributed by atoms with van der Waals surface area (Å²) < 4.78 is 28.2. The van der Waals surface area contributed by atoms with Gasteiger partial charge in [-0.3, -0.25) is 4.79 Å². The van der Waals surface area contributed by atoms with E-state index in [1.165, 1.54) is 12.1 Å². The average molecular weight is 296 g/mol. The van der Waals surface area contributed by atoms with Crippen molar-refractivity contribution in [3.8, 4) is 0 Å². The fourth-order valence-electron chi connectivity index (χ4n) is 2.39. The van der Waals surface area contributed by atoms with Crippen LogP contribution in [0.5, 0.6) is 0 Å². The van der Waals surface area contributed by atoms with Gasteiger partial charge in [-0.2, -0.15) is 0 Å². The topological polar surface area (TPSA) is 60.4 Å². The Balaban J connectivity index is 1.85. The summed E-state index contributed by atoms with van der Waals surface area (Å²) in [5.74, 6) is 0.0584. The lowest BCUT2D eigenvalue weighted by atomic mass is 10.0. The molecule has 1 unspecified atom stereocenters. The summed E-state index contributed by atoms with van der Waals surface area (Å²) in [6.45, 7) is 0.839. The van der Waals surface area contributed by atoms with E-state index in [2.05, 4.69) is 0 Å². The monoisotopic (exact) mass is 296 g/mol. The highest BCUT2D eigenvalue weighted by atomic mass is 32.2. The molecule has 0 spiro atoms. The summed E-state index contributed by atoms with van der Waals surface area (Å²) >= 11 is 0. The summed E-state index contributed by atoms with van der Waals surface area (Å²) in [6, 6.07) is 6.15. The number of rotatable bonds is 6. The molecule has 20 heavy (non-hydrogen) atoms. The molecule has 0 N–H and O–H groups in total. The Morgan fingerprint density at radius 3 is 2.55 bits per heavy atom. The molecule has 4 nitrogen and oxygen atoms in total. The third-order valence-corrected chi connectivity index (χ3v) is 4.69. The van der Waals surface area contributed by atoms with Gasteiger partial charge in [-0.1, -0.05) is 12.1 Å². The molecule has 2 rings (SSSR count). The third kappa shape index (κ3) is 4.15. The van der Waals surface area contributed by atoms with Crippen LogP contribution in [0.1, 0.15) is 42.5 Å². The molecule has 0 aliphatic carbocycles. The van der Waals surface area contributed by atoms with Crippen LogP contribution in [0.25, 0.3) is 0 Å². The second kappa shape index (κ2) is 6.50. The van der Waals surface area contributed by atoms with Gasteiger partial charge in [0.15, 0.2) is 15.6 Å². The summed E-state index contributed by atoms with van der Waals surface area (Å²) in [5, 5.41) is 0. The van der Waals surface area contributed by atoms with Gasteiger partial charge in [0.1, 0.15) is 0 Å². The number of ether oxygens (including phenoxy) is 1. The van der Waals surface area contributed by atoms with E-state index < -0.39 is 9.84 Å². The van der Waals surface area contributed by atoms with Gasteiger partial charge in [0.2, 0.25) is 0 Å². The van der Waals surface area contributed by atoms with E-state index in [0.29, 0.717) is 18.1 Å². The molecule has 1 atom stereocenters. The van der Waals surface area contributed by atoms with Crippen molar-refractivity contribution in [1.29, 1.82) is 0 Å². The van der Waals surface area contributed by atoms with E-state index in [1.807, 2.05) is 0 Å². The third-order valence-electron chi connectivity index (χ3n) is 3.56. The fraction of sp³-hybridized carbons (Fsp3) is 0.533. The first-order chi connectivity index (χ1) is 9.47.